The average Bonchev–Trinajstić information content (AvgIpc) is 2.18. The van der Waals surface area contributed by atoms with Crippen LogP contribution < -0.4 is 5.32 Å². The van der Waals surface area contributed by atoms with Gasteiger partial charge in [0.1, 0.15) is 0 Å². The van der Waals surface area contributed by atoms with Gasteiger partial charge in [0.15, 0.2) is 0 Å². The van der Waals surface area contributed by atoms with E-state index in [-0.39, 0.29) is 0 Å². The summed E-state index contributed by atoms with van der Waals surface area (Å²) in [6.45, 7) is 11.1. The summed E-state index contributed by atoms with van der Waals surface area (Å²) in [7, 11) is 0. The third-order valence-corrected chi connectivity index (χ3v) is 3.76. The highest BCUT2D eigenvalue weighted by molar-refractivity contribution is 8.00. The molecule has 1 aromatic rings. The van der Waals surface area contributed by atoms with Crippen LogP contribution in [0, 0.1) is 6.92 Å². The molecule has 0 fully saturated rings. The van der Waals surface area contributed by atoms with Crippen molar-refractivity contribution in [3.63, 3.8) is 0 Å². The van der Waals surface area contributed by atoms with Gasteiger partial charge < -0.3 is 5.32 Å². The number of hydrogen-bond acceptors (Lipinski definition) is 2. The summed E-state index contributed by atoms with van der Waals surface area (Å²) in [5.74, 6) is 1.14. The number of thioether (sulfide) groups is 1. The van der Waals surface area contributed by atoms with Gasteiger partial charge in [-0.05, 0) is 26.0 Å². The molecule has 1 nitrogen and oxygen atoms in total. The molecule has 0 aromatic heterocycles. The third kappa shape index (κ3) is 5.45. The Bertz CT molecular complexity index is 311. The normalized spacial score (nSPS) is 13.6. The summed E-state index contributed by atoms with van der Waals surface area (Å²) in [6.07, 6.45) is 0. The van der Waals surface area contributed by atoms with E-state index >= 15 is 0 Å². The minimum atomic E-state index is 0.350. The fourth-order valence-electron chi connectivity index (χ4n) is 1.35. The molecular formula is C14H23NS. The van der Waals surface area contributed by atoms with Crippen LogP contribution in [-0.4, -0.2) is 16.5 Å². The predicted octanol–water partition coefficient (Wildman–Crippen LogP) is 4.33. The number of rotatable bonds is 4. The lowest BCUT2D eigenvalue weighted by Crippen LogP contribution is -2.21. The lowest BCUT2D eigenvalue weighted by Gasteiger charge is -2.22. The molecule has 2 heteroatoms. The fourth-order valence-corrected chi connectivity index (χ4v) is 2.18. The zero-order chi connectivity index (χ0) is 12.2. The topological polar surface area (TPSA) is 12.0 Å². The van der Waals surface area contributed by atoms with E-state index in [1.165, 1.54) is 11.3 Å². The van der Waals surface area contributed by atoms with Crippen molar-refractivity contribution in [1.82, 2.24) is 0 Å². The molecule has 1 aromatic carbocycles. The van der Waals surface area contributed by atoms with Gasteiger partial charge in [-0.1, -0.05) is 38.5 Å². The molecule has 90 valence electrons. The summed E-state index contributed by atoms with van der Waals surface area (Å²) >= 11 is 2.00. The van der Waals surface area contributed by atoms with Gasteiger partial charge in [0.05, 0.1) is 0 Å². The summed E-state index contributed by atoms with van der Waals surface area (Å²) in [5, 5.41) is 3.52. The Labute approximate surface area is 104 Å². The number of aryl methyl sites for hydroxylation is 1. The minimum absolute atomic E-state index is 0.350. The molecule has 1 atom stereocenters. The van der Waals surface area contributed by atoms with Crippen LogP contribution >= 0.6 is 11.8 Å². The maximum absolute atomic E-state index is 3.52. The Kier molecular flexibility index (Phi) is 4.72. The van der Waals surface area contributed by atoms with Gasteiger partial charge in [-0.2, -0.15) is 11.8 Å². The summed E-state index contributed by atoms with van der Waals surface area (Å²) in [6, 6.07) is 9.09. The highest BCUT2D eigenvalue weighted by Gasteiger charge is 2.12. The first-order valence-corrected chi connectivity index (χ1v) is 6.82. The second kappa shape index (κ2) is 5.62. The van der Waals surface area contributed by atoms with E-state index in [2.05, 4.69) is 64.2 Å². The molecule has 1 unspecified atom stereocenters. The number of hydrogen-bond donors (Lipinski definition) is 1. The molecule has 0 radical (unpaired) electrons. The van der Waals surface area contributed by atoms with Gasteiger partial charge in [0.25, 0.3) is 0 Å². The average molecular weight is 237 g/mol. The molecule has 0 amide bonds. The Hall–Kier alpha value is -0.630. The van der Waals surface area contributed by atoms with E-state index in [1.807, 2.05) is 11.8 Å². The van der Waals surface area contributed by atoms with Gasteiger partial charge >= 0.3 is 0 Å². The van der Waals surface area contributed by atoms with Gasteiger partial charge in [-0.25, -0.2) is 0 Å². The van der Waals surface area contributed by atoms with Gasteiger partial charge in [-0.3, -0.25) is 0 Å². The molecule has 0 heterocycles. The maximum Gasteiger partial charge on any atom is 0.0342 e. The molecule has 0 bridgehead atoms. The number of benzene rings is 1. The van der Waals surface area contributed by atoms with Gasteiger partial charge in [0, 0.05) is 22.2 Å². The molecule has 1 rings (SSSR count). The second-order valence-corrected chi connectivity index (χ2v) is 7.18. The van der Waals surface area contributed by atoms with E-state index < -0.39 is 0 Å². The van der Waals surface area contributed by atoms with Crippen molar-refractivity contribution in [3.05, 3.63) is 29.8 Å². The maximum atomic E-state index is 3.52. The minimum Gasteiger partial charge on any atom is -0.382 e. The van der Waals surface area contributed by atoms with Gasteiger partial charge in [0.2, 0.25) is 0 Å². The van der Waals surface area contributed by atoms with Crippen molar-refractivity contribution >= 4 is 17.4 Å². The standard InChI is InChI=1S/C14H23NS/c1-11-6-8-13(9-7-11)15-12(2)10-16-14(3,4)5/h6-9,12,15H,10H2,1-5H3. The summed E-state index contributed by atoms with van der Waals surface area (Å²) in [5.41, 5.74) is 2.52. The fraction of sp³-hybridized carbons (Fsp3) is 0.571. The van der Waals surface area contributed by atoms with Crippen LogP contribution in [0.3, 0.4) is 0 Å². The first-order chi connectivity index (χ1) is 7.37. The largest absolute Gasteiger partial charge is 0.382 e. The summed E-state index contributed by atoms with van der Waals surface area (Å²) in [4.78, 5) is 0. The first-order valence-electron chi connectivity index (χ1n) is 5.84. The van der Waals surface area contributed by atoms with Crippen LogP contribution in [0.1, 0.15) is 33.3 Å². The van der Waals surface area contributed by atoms with E-state index in [4.69, 9.17) is 0 Å². The van der Waals surface area contributed by atoms with Crippen LogP contribution in [0.15, 0.2) is 24.3 Å². The molecular weight excluding hydrogens is 214 g/mol. The van der Waals surface area contributed by atoms with Gasteiger partial charge in [-0.15, -0.1) is 0 Å². The Morgan fingerprint density at radius 3 is 2.25 bits per heavy atom. The van der Waals surface area contributed by atoms with Crippen LogP contribution in [0.25, 0.3) is 0 Å². The zero-order valence-electron chi connectivity index (χ0n) is 11.0. The lowest BCUT2D eigenvalue weighted by atomic mass is 10.2. The molecule has 0 aliphatic carbocycles. The predicted molar refractivity (Wildman–Crippen MR) is 76.5 cm³/mol. The van der Waals surface area contributed by atoms with Crippen molar-refractivity contribution in [2.24, 2.45) is 0 Å². The molecule has 0 saturated heterocycles. The zero-order valence-corrected chi connectivity index (χ0v) is 11.8. The van der Waals surface area contributed by atoms with Crippen LogP contribution in [0.4, 0.5) is 5.69 Å². The highest BCUT2D eigenvalue weighted by Crippen LogP contribution is 2.24. The van der Waals surface area contributed by atoms with Crippen LogP contribution in [0.2, 0.25) is 0 Å². The molecule has 0 aliphatic heterocycles. The number of anilines is 1. The van der Waals surface area contributed by atoms with Crippen molar-refractivity contribution in [2.45, 2.75) is 45.4 Å². The lowest BCUT2D eigenvalue weighted by molar-refractivity contribution is 0.794. The van der Waals surface area contributed by atoms with E-state index in [0.717, 1.165) is 5.75 Å². The SMILES string of the molecule is Cc1ccc(NC(C)CSC(C)(C)C)cc1. The van der Waals surface area contributed by atoms with Crippen LogP contribution in [0.5, 0.6) is 0 Å². The Balaban J connectivity index is 2.39. The van der Waals surface area contributed by atoms with Crippen LogP contribution in [-0.2, 0) is 0 Å². The summed E-state index contributed by atoms with van der Waals surface area (Å²) < 4.78 is 0.350. The van der Waals surface area contributed by atoms with Crippen molar-refractivity contribution < 1.29 is 0 Å². The van der Waals surface area contributed by atoms with E-state index in [9.17, 15) is 0 Å². The highest BCUT2D eigenvalue weighted by atomic mass is 32.2. The molecule has 16 heavy (non-hydrogen) atoms. The molecule has 0 aliphatic rings. The Morgan fingerprint density at radius 1 is 1.19 bits per heavy atom. The first kappa shape index (κ1) is 13.4. The van der Waals surface area contributed by atoms with Crippen molar-refractivity contribution in [2.75, 3.05) is 11.1 Å². The van der Waals surface area contributed by atoms with Crippen molar-refractivity contribution in [1.29, 1.82) is 0 Å². The van der Waals surface area contributed by atoms with E-state index in [0.29, 0.717) is 10.8 Å². The molecule has 0 saturated carbocycles. The Morgan fingerprint density at radius 2 is 1.75 bits per heavy atom. The monoisotopic (exact) mass is 237 g/mol. The quantitative estimate of drug-likeness (QED) is 0.836. The third-order valence-electron chi connectivity index (χ3n) is 2.23. The molecule has 1 N–H and O–H groups in total. The number of nitrogens with one attached hydrogen (secondary N) is 1. The molecule has 0 spiro atoms. The smallest absolute Gasteiger partial charge is 0.0342 e. The van der Waals surface area contributed by atoms with E-state index in [1.54, 1.807) is 0 Å². The second-order valence-electron chi connectivity index (χ2n) is 5.33. The van der Waals surface area contributed by atoms with Crippen molar-refractivity contribution in [3.8, 4) is 0 Å².